The Morgan fingerprint density at radius 2 is 1.71 bits per heavy atom. The molecule has 5 nitrogen and oxygen atoms in total. The van der Waals surface area contributed by atoms with Gasteiger partial charge in [0.25, 0.3) is 5.91 Å². The number of benzene rings is 2. The summed E-state index contributed by atoms with van der Waals surface area (Å²) in [5.74, 6) is -0.0649. The summed E-state index contributed by atoms with van der Waals surface area (Å²) in [4.78, 5) is 23.5. The van der Waals surface area contributed by atoms with Crippen molar-refractivity contribution in [2.45, 2.75) is 19.9 Å². The molecule has 0 aromatic heterocycles. The zero-order valence-electron chi connectivity index (χ0n) is 13.8. The third kappa shape index (κ3) is 5.12. The van der Waals surface area contributed by atoms with Gasteiger partial charge in [-0.1, -0.05) is 30.3 Å². The fraction of sp³-hybridized carbons (Fsp3) is 0.263. The van der Waals surface area contributed by atoms with Gasteiger partial charge in [0.15, 0.2) is 6.61 Å². The standard InChI is InChI=1S/C19H21NO4/c1-3-23-19(22)16-9-11-17(12-10-16)24-13-18(21)20-14(2)15-7-5-4-6-8-15/h4-12,14H,3,13H2,1-2H3,(H,20,21)/t14-/m1/s1. The summed E-state index contributed by atoms with van der Waals surface area (Å²) >= 11 is 0. The van der Waals surface area contributed by atoms with Gasteiger partial charge in [-0.25, -0.2) is 4.79 Å². The summed E-state index contributed by atoms with van der Waals surface area (Å²) in [7, 11) is 0. The summed E-state index contributed by atoms with van der Waals surface area (Å²) in [5, 5.41) is 2.87. The van der Waals surface area contributed by atoms with Crippen molar-refractivity contribution in [1.82, 2.24) is 5.32 Å². The van der Waals surface area contributed by atoms with Gasteiger partial charge in [-0.05, 0) is 43.7 Å². The van der Waals surface area contributed by atoms with E-state index in [1.807, 2.05) is 37.3 Å². The summed E-state index contributed by atoms with van der Waals surface area (Å²) in [6.45, 7) is 3.92. The van der Waals surface area contributed by atoms with Gasteiger partial charge in [0.2, 0.25) is 0 Å². The topological polar surface area (TPSA) is 64.6 Å². The molecule has 5 heteroatoms. The molecule has 0 spiro atoms. The molecule has 0 heterocycles. The van der Waals surface area contributed by atoms with Crippen molar-refractivity contribution in [3.05, 3.63) is 65.7 Å². The molecule has 0 radical (unpaired) electrons. The highest BCUT2D eigenvalue weighted by Crippen LogP contribution is 2.14. The predicted molar refractivity (Wildman–Crippen MR) is 90.9 cm³/mol. The summed E-state index contributed by atoms with van der Waals surface area (Å²) < 4.78 is 10.3. The Hall–Kier alpha value is -2.82. The van der Waals surface area contributed by atoms with Crippen molar-refractivity contribution in [3.63, 3.8) is 0 Å². The first-order chi connectivity index (χ1) is 11.6. The van der Waals surface area contributed by atoms with Gasteiger partial charge in [0.1, 0.15) is 5.75 Å². The molecule has 1 atom stereocenters. The van der Waals surface area contributed by atoms with Crippen molar-refractivity contribution in [2.24, 2.45) is 0 Å². The first kappa shape index (κ1) is 17.5. The molecule has 2 rings (SSSR count). The molecular weight excluding hydrogens is 306 g/mol. The number of hydrogen-bond acceptors (Lipinski definition) is 4. The average Bonchev–Trinajstić information content (AvgIpc) is 2.61. The van der Waals surface area contributed by atoms with Crippen LogP contribution in [0, 0.1) is 0 Å². The second kappa shape index (κ2) is 8.72. The Labute approximate surface area is 141 Å². The van der Waals surface area contributed by atoms with Crippen LogP contribution >= 0.6 is 0 Å². The van der Waals surface area contributed by atoms with Gasteiger partial charge < -0.3 is 14.8 Å². The van der Waals surface area contributed by atoms with Crippen LogP contribution in [0.25, 0.3) is 0 Å². The normalized spacial score (nSPS) is 11.4. The van der Waals surface area contributed by atoms with Crippen LogP contribution in [0.2, 0.25) is 0 Å². The third-order valence-electron chi connectivity index (χ3n) is 3.41. The molecule has 0 aliphatic carbocycles. The molecule has 0 saturated heterocycles. The minimum Gasteiger partial charge on any atom is -0.484 e. The van der Waals surface area contributed by atoms with E-state index in [1.165, 1.54) is 0 Å². The molecule has 0 aliphatic rings. The van der Waals surface area contributed by atoms with Crippen LogP contribution in [0.5, 0.6) is 5.75 Å². The van der Waals surface area contributed by atoms with Crippen LogP contribution in [-0.4, -0.2) is 25.1 Å². The Bertz CT molecular complexity index is 668. The maximum atomic E-state index is 12.0. The number of hydrogen-bond donors (Lipinski definition) is 1. The lowest BCUT2D eigenvalue weighted by Crippen LogP contribution is -2.31. The lowest BCUT2D eigenvalue weighted by molar-refractivity contribution is -0.123. The average molecular weight is 327 g/mol. The maximum Gasteiger partial charge on any atom is 0.338 e. The summed E-state index contributed by atoms with van der Waals surface area (Å²) in [5.41, 5.74) is 1.48. The first-order valence-electron chi connectivity index (χ1n) is 7.84. The number of amides is 1. The number of rotatable bonds is 7. The van der Waals surface area contributed by atoms with Crippen molar-refractivity contribution < 1.29 is 19.1 Å². The fourth-order valence-corrected chi connectivity index (χ4v) is 2.16. The van der Waals surface area contributed by atoms with E-state index >= 15 is 0 Å². The Kier molecular flexibility index (Phi) is 6.37. The zero-order valence-corrected chi connectivity index (χ0v) is 13.8. The minimum atomic E-state index is -0.376. The van der Waals surface area contributed by atoms with Crippen LogP contribution in [0.4, 0.5) is 0 Å². The van der Waals surface area contributed by atoms with E-state index in [-0.39, 0.29) is 24.5 Å². The van der Waals surface area contributed by atoms with E-state index in [4.69, 9.17) is 9.47 Å². The molecular formula is C19H21NO4. The van der Waals surface area contributed by atoms with E-state index in [9.17, 15) is 9.59 Å². The van der Waals surface area contributed by atoms with Crippen LogP contribution in [0.1, 0.15) is 35.8 Å². The second-order valence-electron chi connectivity index (χ2n) is 5.23. The van der Waals surface area contributed by atoms with Gasteiger partial charge in [0.05, 0.1) is 18.2 Å². The quantitative estimate of drug-likeness (QED) is 0.794. The molecule has 0 saturated carbocycles. The van der Waals surface area contributed by atoms with E-state index in [0.717, 1.165) is 5.56 Å². The smallest absolute Gasteiger partial charge is 0.338 e. The highest BCUT2D eigenvalue weighted by atomic mass is 16.5. The first-order valence-corrected chi connectivity index (χ1v) is 7.84. The van der Waals surface area contributed by atoms with Crippen LogP contribution < -0.4 is 10.1 Å². The third-order valence-corrected chi connectivity index (χ3v) is 3.41. The number of ether oxygens (including phenoxy) is 2. The largest absolute Gasteiger partial charge is 0.484 e. The zero-order chi connectivity index (χ0) is 17.4. The summed E-state index contributed by atoms with van der Waals surface area (Å²) in [6, 6.07) is 16.1. The van der Waals surface area contributed by atoms with E-state index in [1.54, 1.807) is 31.2 Å². The fourth-order valence-electron chi connectivity index (χ4n) is 2.16. The lowest BCUT2D eigenvalue weighted by atomic mass is 10.1. The van der Waals surface area contributed by atoms with Gasteiger partial charge in [-0.2, -0.15) is 0 Å². The predicted octanol–water partition coefficient (Wildman–Crippen LogP) is 3.12. The molecule has 0 fully saturated rings. The monoisotopic (exact) mass is 327 g/mol. The van der Waals surface area contributed by atoms with Crippen LogP contribution in [0.15, 0.2) is 54.6 Å². The van der Waals surface area contributed by atoms with Crippen molar-refractivity contribution in [1.29, 1.82) is 0 Å². The molecule has 0 aliphatic heterocycles. The SMILES string of the molecule is CCOC(=O)c1ccc(OCC(=O)N[C@H](C)c2ccccc2)cc1. The number of carbonyl (C=O) groups is 2. The van der Waals surface area contributed by atoms with E-state index < -0.39 is 0 Å². The molecule has 24 heavy (non-hydrogen) atoms. The maximum absolute atomic E-state index is 12.0. The molecule has 2 aromatic rings. The molecule has 0 unspecified atom stereocenters. The van der Waals surface area contributed by atoms with Crippen molar-refractivity contribution in [3.8, 4) is 5.75 Å². The van der Waals surface area contributed by atoms with Crippen LogP contribution in [-0.2, 0) is 9.53 Å². The van der Waals surface area contributed by atoms with E-state index in [0.29, 0.717) is 17.9 Å². The second-order valence-corrected chi connectivity index (χ2v) is 5.23. The molecule has 1 N–H and O–H groups in total. The van der Waals surface area contributed by atoms with Crippen molar-refractivity contribution >= 4 is 11.9 Å². The van der Waals surface area contributed by atoms with Gasteiger partial charge in [-0.3, -0.25) is 4.79 Å². The van der Waals surface area contributed by atoms with Gasteiger partial charge in [-0.15, -0.1) is 0 Å². The summed E-state index contributed by atoms with van der Waals surface area (Å²) in [6.07, 6.45) is 0. The Morgan fingerprint density at radius 1 is 1.04 bits per heavy atom. The number of esters is 1. The molecule has 2 aromatic carbocycles. The number of nitrogens with one attached hydrogen (secondary N) is 1. The molecule has 0 bridgehead atoms. The minimum absolute atomic E-state index is 0.0874. The van der Waals surface area contributed by atoms with E-state index in [2.05, 4.69) is 5.32 Å². The highest BCUT2D eigenvalue weighted by Gasteiger charge is 2.10. The Morgan fingerprint density at radius 3 is 2.33 bits per heavy atom. The highest BCUT2D eigenvalue weighted by molar-refractivity contribution is 5.89. The van der Waals surface area contributed by atoms with Crippen LogP contribution in [0.3, 0.4) is 0 Å². The van der Waals surface area contributed by atoms with Crippen molar-refractivity contribution in [2.75, 3.05) is 13.2 Å². The van der Waals surface area contributed by atoms with Gasteiger partial charge >= 0.3 is 5.97 Å². The lowest BCUT2D eigenvalue weighted by Gasteiger charge is -2.14. The Balaban J connectivity index is 1.82. The molecule has 126 valence electrons. The molecule has 1 amide bonds. The number of carbonyl (C=O) groups excluding carboxylic acids is 2. The van der Waals surface area contributed by atoms with Gasteiger partial charge in [0, 0.05) is 0 Å².